The van der Waals surface area contributed by atoms with Gasteiger partial charge in [-0.05, 0) is 44.9 Å². The highest BCUT2D eigenvalue weighted by Crippen LogP contribution is 2.28. The fourth-order valence-electron chi connectivity index (χ4n) is 2.99. The lowest BCUT2D eigenvalue weighted by Crippen LogP contribution is -2.43. The predicted molar refractivity (Wildman–Crippen MR) is 80.7 cm³/mol. The summed E-state index contributed by atoms with van der Waals surface area (Å²) in [6.45, 7) is 9.08. The van der Waals surface area contributed by atoms with Crippen LogP contribution in [0.2, 0.25) is 0 Å². The highest BCUT2D eigenvalue weighted by atomic mass is 16.5. The first kappa shape index (κ1) is 15.5. The highest BCUT2D eigenvalue weighted by Gasteiger charge is 2.30. The van der Waals surface area contributed by atoms with Crippen LogP contribution in [0.4, 0.5) is 0 Å². The van der Waals surface area contributed by atoms with Gasteiger partial charge in [0.1, 0.15) is 11.5 Å². The molecule has 0 saturated carbocycles. The maximum absolute atomic E-state index is 6.37. The first-order valence-electron chi connectivity index (χ1n) is 7.83. The number of hydrogen-bond donors (Lipinski definition) is 1. The number of nitrogens with two attached hydrogens (primary N) is 1. The normalized spacial score (nSPS) is 22.4. The third-order valence-corrected chi connectivity index (χ3v) is 4.19. The fourth-order valence-corrected chi connectivity index (χ4v) is 2.99. The van der Waals surface area contributed by atoms with Crippen molar-refractivity contribution in [3.8, 4) is 0 Å². The van der Waals surface area contributed by atoms with Crippen molar-refractivity contribution in [2.75, 3.05) is 19.7 Å². The summed E-state index contributed by atoms with van der Waals surface area (Å²) < 4.78 is 11.6. The number of furan rings is 1. The van der Waals surface area contributed by atoms with Crippen molar-refractivity contribution in [1.82, 2.24) is 4.90 Å². The van der Waals surface area contributed by atoms with Crippen molar-refractivity contribution >= 4 is 0 Å². The van der Waals surface area contributed by atoms with Gasteiger partial charge in [-0.3, -0.25) is 4.90 Å². The van der Waals surface area contributed by atoms with Gasteiger partial charge in [-0.25, -0.2) is 0 Å². The van der Waals surface area contributed by atoms with E-state index in [9.17, 15) is 0 Å². The van der Waals surface area contributed by atoms with Crippen LogP contribution in [0.1, 0.15) is 50.7 Å². The van der Waals surface area contributed by atoms with Gasteiger partial charge in [0, 0.05) is 19.2 Å². The topological polar surface area (TPSA) is 51.6 Å². The van der Waals surface area contributed by atoms with E-state index < -0.39 is 0 Å². The van der Waals surface area contributed by atoms with Gasteiger partial charge >= 0.3 is 0 Å². The third-order valence-electron chi connectivity index (χ3n) is 4.19. The molecule has 0 aliphatic carbocycles. The van der Waals surface area contributed by atoms with Crippen molar-refractivity contribution in [3.63, 3.8) is 0 Å². The van der Waals surface area contributed by atoms with E-state index in [0.29, 0.717) is 6.10 Å². The number of aryl methyl sites for hydroxylation is 1. The second-order valence-corrected chi connectivity index (χ2v) is 5.69. The molecule has 20 heavy (non-hydrogen) atoms. The second-order valence-electron chi connectivity index (χ2n) is 5.69. The first-order chi connectivity index (χ1) is 9.65. The number of nitrogens with zero attached hydrogens (tertiary/aromatic N) is 1. The predicted octanol–water partition coefficient (Wildman–Crippen LogP) is 2.87. The standard InChI is InChI=1S/C16H28N2O2/c1-4-14(17)16(15-9-8-12(3)20-15)18(5-2)11-13-7-6-10-19-13/h8-9,13-14,16H,4-7,10-11,17H2,1-3H3. The molecule has 1 aromatic heterocycles. The molecule has 0 bridgehead atoms. The Bertz CT molecular complexity index is 399. The zero-order valence-corrected chi connectivity index (χ0v) is 13.0. The summed E-state index contributed by atoms with van der Waals surface area (Å²) in [4.78, 5) is 2.41. The molecule has 1 fully saturated rings. The molecule has 0 amide bonds. The van der Waals surface area contributed by atoms with E-state index in [1.54, 1.807) is 0 Å². The second kappa shape index (κ2) is 7.25. The Balaban J connectivity index is 2.14. The zero-order chi connectivity index (χ0) is 14.5. The largest absolute Gasteiger partial charge is 0.465 e. The molecule has 1 aliphatic heterocycles. The molecular formula is C16H28N2O2. The number of hydrogen-bond acceptors (Lipinski definition) is 4. The van der Waals surface area contributed by atoms with E-state index in [-0.39, 0.29) is 12.1 Å². The van der Waals surface area contributed by atoms with Crippen LogP contribution in [0.15, 0.2) is 16.5 Å². The fraction of sp³-hybridized carbons (Fsp3) is 0.750. The lowest BCUT2D eigenvalue weighted by molar-refractivity contribution is 0.0479. The van der Waals surface area contributed by atoms with E-state index in [1.807, 2.05) is 13.0 Å². The van der Waals surface area contributed by atoms with Crippen LogP contribution in [0, 0.1) is 6.92 Å². The van der Waals surface area contributed by atoms with Crippen LogP contribution in [0.25, 0.3) is 0 Å². The number of likely N-dealkylation sites (N-methyl/N-ethyl adjacent to an activating group) is 1. The Morgan fingerprint density at radius 2 is 2.20 bits per heavy atom. The summed E-state index contributed by atoms with van der Waals surface area (Å²) in [5.41, 5.74) is 6.37. The van der Waals surface area contributed by atoms with Crippen LogP contribution in [-0.4, -0.2) is 36.7 Å². The average molecular weight is 280 g/mol. The van der Waals surface area contributed by atoms with Gasteiger partial charge in [-0.15, -0.1) is 0 Å². The van der Waals surface area contributed by atoms with Gasteiger partial charge in [0.15, 0.2) is 0 Å². The summed E-state index contributed by atoms with van der Waals surface area (Å²) in [6, 6.07) is 4.31. The summed E-state index contributed by atoms with van der Waals surface area (Å²) in [7, 11) is 0. The molecule has 114 valence electrons. The molecule has 2 rings (SSSR count). The van der Waals surface area contributed by atoms with Crippen molar-refractivity contribution < 1.29 is 9.15 Å². The maximum atomic E-state index is 6.37. The van der Waals surface area contributed by atoms with Gasteiger partial charge in [-0.1, -0.05) is 13.8 Å². The van der Waals surface area contributed by atoms with Crippen LogP contribution in [0.5, 0.6) is 0 Å². The average Bonchev–Trinajstić information content (AvgIpc) is 3.09. The van der Waals surface area contributed by atoms with Gasteiger partial charge in [0.25, 0.3) is 0 Å². The minimum atomic E-state index is 0.0851. The summed E-state index contributed by atoms with van der Waals surface area (Å²) in [5.74, 6) is 1.93. The van der Waals surface area contributed by atoms with Crippen molar-refractivity contribution in [1.29, 1.82) is 0 Å². The van der Waals surface area contributed by atoms with Crippen LogP contribution in [0.3, 0.4) is 0 Å². The molecule has 1 aliphatic rings. The SMILES string of the molecule is CCC(N)C(c1ccc(C)o1)N(CC)CC1CCCO1. The molecule has 0 aromatic carbocycles. The van der Waals surface area contributed by atoms with E-state index in [2.05, 4.69) is 24.8 Å². The molecule has 0 spiro atoms. The molecule has 2 N–H and O–H groups in total. The summed E-state index contributed by atoms with van der Waals surface area (Å²) >= 11 is 0. The van der Waals surface area contributed by atoms with Crippen LogP contribution >= 0.6 is 0 Å². The number of rotatable bonds is 7. The van der Waals surface area contributed by atoms with E-state index >= 15 is 0 Å². The molecule has 3 atom stereocenters. The Labute approximate surface area is 122 Å². The minimum Gasteiger partial charge on any atom is -0.465 e. The van der Waals surface area contributed by atoms with E-state index in [4.69, 9.17) is 14.9 Å². The van der Waals surface area contributed by atoms with Gasteiger partial charge < -0.3 is 14.9 Å². The van der Waals surface area contributed by atoms with Gasteiger partial charge in [-0.2, -0.15) is 0 Å². The van der Waals surface area contributed by atoms with Gasteiger partial charge in [0.05, 0.1) is 12.1 Å². The molecular weight excluding hydrogens is 252 g/mol. The molecule has 2 heterocycles. The van der Waals surface area contributed by atoms with Gasteiger partial charge in [0.2, 0.25) is 0 Å². The van der Waals surface area contributed by atoms with Crippen molar-refractivity contribution in [3.05, 3.63) is 23.7 Å². The van der Waals surface area contributed by atoms with Crippen molar-refractivity contribution in [2.45, 2.75) is 58.2 Å². The third kappa shape index (κ3) is 3.62. The Morgan fingerprint density at radius 1 is 1.40 bits per heavy atom. The molecule has 4 nitrogen and oxygen atoms in total. The maximum Gasteiger partial charge on any atom is 0.122 e. The zero-order valence-electron chi connectivity index (χ0n) is 13.0. The van der Waals surface area contributed by atoms with E-state index in [1.165, 1.54) is 6.42 Å². The smallest absolute Gasteiger partial charge is 0.122 e. The monoisotopic (exact) mass is 280 g/mol. The quantitative estimate of drug-likeness (QED) is 0.834. The molecule has 1 aromatic rings. The lowest BCUT2D eigenvalue weighted by Gasteiger charge is -2.34. The lowest BCUT2D eigenvalue weighted by atomic mass is 10.0. The Kier molecular flexibility index (Phi) is 5.64. The molecule has 0 radical (unpaired) electrons. The number of ether oxygens (including phenoxy) is 1. The summed E-state index contributed by atoms with van der Waals surface area (Å²) in [6.07, 6.45) is 3.61. The Morgan fingerprint density at radius 3 is 2.70 bits per heavy atom. The molecule has 4 heteroatoms. The summed E-state index contributed by atoms with van der Waals surface area (Å²) in [5, 5.41) is 0. The van der Waals surface area contributed by atoms with E-state index in [0.717, 1.165) is 44.1 Å². The van der Waals surface area contributed by atoms with Crippen LogP contribution in [-0.2, 0) is 4.74 Å². The first-order valence-corrected chi connectivity index (χ1v) is 7.83. The molecule has 1 saturated heterocycles. The highest BCUT2D eigenvalue weighted by molar-refractivity contribution is 5.12. The minimum absolute atomic E-state index is 0.0851. The van der Waals surface area contributed by atoms with Crippen molar-refractivity contribution in [2.24, 2.45) is 5.73 Å². The molecule has 3 unspecified atom stereocenters. The van der Waals surface area contributed by atoms with Crippen LogP contribution < -0.4 is 5.73 Å². The Hall–Kier alpha value is -0.840.